The molecular weight excluding hydrogens is 468 g/mol. The van der Waals surface area contributed by atoms with Crippen LogP contribution in [-0.4, -0.2) is 89.0 Å². The molecule has 0 saturated heterocycles. The molecule has 0 aromatic heterocycles. The lowest BCUT2D eigenvalue weighted by atomic mass is 10.1. The number of guanidine groups is 1. The molecule has 0 rings (SSSR count). The molecule has 0 aliphatic carbocycles. The van der Waals surface area contributed by atoms with Crippen molar-refractivity contribution in [2.75, 3.05) is 18.8 Å². The van der Waals surface area contributed by atoms with Gasteiger partial charge in [0.05, 0.1) is 12.1 Å². The number of hydrogen-bond donors (Lipinski definition) is 10. The summed E-state index contributed by atoms with van der Waals surface area (Å²) >= 11 is 4.09. The zero-order valence-electron chi connectivity index (χ0n) is 19.3. The molecule has 0 saturated carbocycles. The molecule has 0 aromatic carbocycles. The number of nitrogens with two attached hydrogens (primary N) is 4. The molecule has 0 bridgehead atoms. The maximum absolute atomic E-state index is 12.7. The van der Waals surface area contributed by atoms with Crippen LogP contribution in [-0.2, 0) is 19.2 Å². The van der Waals surface area contributed by atoms with Gasteiger partial charge in [-0.25, -0.2) is 4.79 Å². The number of carbonyl (C=O) groups excluding carboxylic acids is 3. The van der Waals surface area contributed by atoms with Crippen LogP contribution in [0.15, 0.2) is 4.99 Å². The van der Waals surface area contributed by atoms with Gasteiger partial charge in [0.1, 0.15) is 12.1 Å². The molecule has 5 unspecified atom stereocenters. The summed E-state index contributed by atoms with van der Waals surface area (Å²) in [4.78, 5) is 52.8. The van der Waals surface area contributed by atoms with Gasteiger partial charge in [-0.1, -0.05) is 0 Å². The Hall–Kier alpha value is -2.62. The fraction of sp³-hybridized carbons (Fsp3) is 0.737. The molecule has 0 aliphatic heterocycles. The summed E-state index contributed by atoms with van der Waals surface area (Å²) < 4.78 is 0. The van der Waals surface area contributed by atoms with Gasteiger partial charge >= 0.3 is 5.97 Å². The molecule has 196 valence electrons. The zero-order chi connectivity index (χ0) is 26.3. The van der Waals surface area contributed by atoms with Gasteiger partial charge in [0.25, 0.3) is 0 Å². The highest BCUT2D eigenvalue weighted by Gasteiger charge is 2.31. The number of amides is 3. The second kappa shape index (κ2) is 16.9. The second-order valence-corrected chi connectivity index (χ2v) is 8.07. The first-order chi connectivity index (χ1) is 15.9. The van der Waals surface area contributed by atoms with Crippen molar-refractivity contribution in [1.82, 2.24) is 16.0 Å². The molecule has 0 fully saturated rings. The van der Waals surface area contributed by atoms with E-state index in [9.17, 15) is 29.4 Å². The average Bonchev–Trinajstić information content (AvgIpc) is 2.76. The Balaban J connectivity index is 5.14. The number of rotatable bonds is 17. The Labute approximate surface area is 204 Å². The van der Waals surface area contributed by atoms with Crippen molar-refractivity contribution in [3.8, 4) is 0 Å². The van der Waals surface area contributed by atoms with Gasteiger partial charge < -0.3 is 49.1 Å². The lowest BCUT2D eigenvalue weighted by molar-refractivity contribution is -0.145. The van der Waals surface area contributed by atoms with Crippen molar-refractivity contribution in [2.24, 2.45) is 27.9 Å². The standard InChI is InChI=1S/C19H38N8O6S/c1-10(28)14(18(32)33)27-16(30)12(6-2-3-7-20)25-17(31)13(9-34)26-15(29)11(21)5-4-8-24-19(22)23/h10-14,28,34H,2-9,20-21H2,1H3,(H,25,31)(H,26,29)(H,27,30)(H,32,33)(H4,22,23,24). The number of carboxylic acid groups (broad SMARTS) is 1. The van der Waals surface area contributed by atoms with Crippen molar-refractivity contribution in [3.63, 3.8) is 0 Å². The summed E-state index contributed by atoms with van der Waals surface area (Å²) in [5.74, 6) is -3.67. The number of thiol groups is 1. The van der Waals surface area contributed by atoms with Crippen LogP contribution in [0.5, 0.6) is 0 Å². The van der Waals surface area contributed by atoms with Gasteiger partial charge in [-0.2, -0.15) is 12.6 Å². The largest absolute Gasteiger partial charge is 0.480 e. The highest BCUT2D eigenvalue weighted by Crippen LogP contribution is 2.05. The van der Waals surface area contributed by atoms with Crippen LogP contribution in [0.2, 0.25) is 0 Å². The van der Waals surface area contributed by atoms with E-state index >= 15 is 0 Å². The van der Waals surface area contributed by atoms with E-state index in [1.165, 1.54) is 6.92 Å². The molecule has 0 spiro atoms. The third-order valence-corrected chi connectivity index (χ3v) is 5.11. The smallest absolute Gasteiger partial charge is 0.328 e. The molecule has 0 radical (unpaired) electrons. The Morgan fingerprint density at radius 3 is 2.03 bits per heavy atom. The van der Waals surface area contributed by atoms with E-state index < -0.39 is 54.0 Å². The first kappa shape index (κ1) is 31.4. The third-order valence-electron chi connectivity index (χ3n) is 4.75. The minimum Gasteiger partial charge on any atom is -0.480 e. The van der Waals surface area contributed by atoms with Gasteiger partial charge in [-0.15, -0.1) is 0 Å². The molecule has 34 heavy (non-hydrogen) atoms. The summed E-state index contributed by atoms with van der Waals surface area (Å²) in [5, 5.41) is 26.0. The Morgan fingerprint density at radius 2 is 1.53 bits per heavy atom. The number of nitrogens with zero attached hydrogens (tertiary/aromatic N) is 1. The number of unbranched alkanes of at least 4 members (excludes halogenated alkanes) is 1. The summed E-state index contributed by atoms with van der Waals surface area (Å²) in [7, 11) is 0. The fourth-order valence-electron chi connectivity index (χ4n) is 2.80. The van der Waals surface area contributed by atoms with E-state index in [0.717, 1.165) is 0 Å². The third kappa shape index (κ3) is 12.6. The van der Waals surface area contributed by atoms with Crippen molar-refractivity contribution in [1.29, 1.82) is 0 Å². The topological polar surface area (TPSA) is 261 Å². The van der Waals surface area contributed by atoms with E-state index in [-0.39, 0.29) is 24.6 Å². The van der Waals surface area contributed by atoms with Crippen molar-refractivity contribution < 1.29 is 29.4 Å². The Morgan fingerprint density at radius 1 is 0.941 bits per heavy atom. The zero-order valence-corrected chi connectivity index (χ0v) is 20.2. The minimum absolute atomic E-state index is 0.0713. The molecule has 0 aromatic rings. The number of carboxylic acids is 1. The van der Waals surface area contributed by atoms with Gasteiger partial charge in [0.2, 0.25) is 17.7 Å². The number of hydrogen-bond acceptors (Lipinski definition) is 9. The van der Waals surface area contributed by atoms with Crippen LogP contribution in [0.3, 0.4) is 0 Å². The van der Waals surface area contributed by atoms with Crippen molar-refractivity contribution in [3.05, 3.63) is 0 Å². The molecule has 5 atom stereocenters. The monoisotopic (exact) mass is 506 g/mol. The van der Waals surface area contributed by atoms with E-state index in [0.29, 0.717) is 32.4 Å². The summed E-state index contributed by atoms with van der Waals surface area (Å²) in [6.07, 6.45) is 0.559. The molecule has 3 amide bonds. The van der Waals surface area contributed by atoms with Crippen LogP contribution >= 0.6 is 12.6 Å². The number of aliphatic hydroxyl groups is 1. The predicted octanol–water partition coefficient (Wildman–Crippen LogP) is -3.65. The van der Waals surface area contributed by atoms with Crippen LogP contribution < -0.4 is 38.9 Å². The summed E-state index contributed by atoms with van der Waals surface area (Å²) in [5.41, 5.74) is 21.8. The maximum Gasteiger partial charge on any atom is 0.328 e. The number of aliphatic carboxylic acids is 1. The van der Waals surface area contributed by atoms with Crippen LogP contribution in [0.4, 0.5) is 0 Å². The number of carbonyl (C=O) groups is 4. The molecular formula is C19H38N8O6S. The number of aliphatic hydroxyl groups excluding tert-OH is 1. The van der Waals surface area contributed by atoms with Crippen LogP contribution in [0, 0.1) is 0 Å². The predicted molar refractivity (Wildman–Crippen MR) is 130 cm³/mol. The maximum atomic E-state index is 12.7. The van der Waals surface area contributed by atoms with Crippen LogP contribution in [0.1, 0.15) is 39.0 Å². The molecule has 0 heterocycles. The quantitative estimate of drug-likeness (QED) is 0.0400. The van der Waals surface area contributed by atoms with Crippen molar-refractivity contribution >= 4 is 42.3 Å². The van der Waals surface area contributed by atoms with E-state index in [2.05, 4.69) is 33.6 Å². The highest BCUT2D eigenvalue weighted by molar-refractivity contribution is 7.80. The van der Waals surface area contributed by atoms with E-state index in [1.54, 1.807) is 0 Å². The minimum atomic E-state index is -1.56. The van der Waals surface area contributed by atoms with Gasteiger partial charge in [-0.05, 0) is 45.6 Å². The van der Waals surface area contributed by atoms with Gasteiger partial charge in [0.15, 0.2) is 12.0 Å². The number of nitrogens with one attached hydrogen (secondary N) is 3. The highest BCUT2D eigenvalue weighted by atomic mass is 32.1. The fourth-order valence-corrected chi connectivity index (χ4v) is 3.06. The first-order valence-corrected chi connectivity index (χ1v) is 11.5. The SMILES string of the molecule is CC(O)C(NC(=O)C(CCCCN)NC(=O)C(CS)NC(=O)C(N)CCCN=C(N)N)C(=O)O. The van der Waals surface area contributed by atoms with Gasteiger partial charge in [0, 0.05) is 12.3 Å². The molecule has 14 nitrogen and oxygen atoms in total. The van der Waals surface area contributed by atoms with Crippen molar-refractivity contribution in [2.45, 2.75) is 69.3 Å². The van der Waals surface area contributed by atoms with E-state index in [1.807, 2.05) is 0 Å². The molecule has 13 N–H and O–H groups in total. The lowest BCUT2D eigenvalue weighted by Crippen LogP contribution is -2.58. The first-order valence-electron chi connectivity index (χ1n) is 10.9. The van der Waals surface area contributed by atoms with Gasteiger partial charge in [-0.3, -0.25) is 19.4 Å². The number of aliphatic imine (C=N–C) groups is 1. The summed E-state index contributed by atoms with van der Waals surface area (Å²) in [6, 6.07) is -4.70. The second-order valence-electron chi connectivity index (χ2n) is 7.71. The lowest BCUT2D eigenvalue weighted by Gasteiger charge is -2.25. The van der Waals surface area contributed by atoms with E-state index in [4.69, 9.17) is 22.9 Å². The molecule has 0 aliphatic rings. The Bertz CT molecular complexity index is 704. The van der Waals surface area contributed by atoms with Crippen LogP contribution in [0.25, 0.3) is 0 Å². The normalized spacial score (nSPS) is 15.2. The average molecular weight is 507 g/mol. The molecule has 15 heteroatoms. The summed E-state index contributed by atoms with van der Waals surface area (Å²) in [6.45, 7) is 1.88. The Kier molecular flexibility index (Phi) is 15.6.